The summed E-state index contributed by atoms with van der Waals surface area (Å²) in [6, 6.07) is 7.85. The zero-order valence-corrected chi connectivity index (χ0v) is 14.3. The molecule has 20 heavy (non-hydrogen) atoms. The van der Waals surface area contributed by atoms with E-state index in [1.807, 2.05) is 38.1 Å². The molecule has 1 aromatic carbocycles. The third-order valence-corrected chi connectivity index (χ3v) is 5.28. The summed E-state index contributed by atoms with van der Waals surface area (Å²) in [4.78, 5) is 11.9. The van der Waals surface area contributed by atoms with Crippen molar-refractivity contribution in [1.82, 2.24) is 15.5 Å². The van der Waals surface area contributed by atoms with Crippen LogP contribution in [0.5, 0.6) is 0 Å². The number of rotatable bonds is 5. The van der Waals surface area contributed by atoms with Gasteiger partial charge in [-0.15, -0.1) is 10.2 Å². The van der Waals surface area contributed by atoms with E-state index < -0.39 is 0 Å². The third-order valence-electron chi connectivity index (χ3n) is 2.58. The van der Waals surface area contributed by atoms with Gasteiger partial charge in [-0.2, -0.15) is 0 Å². The van der Waals surface area contributed by atoms with Crippen LogP contribution in [0.1, 0.15) is 23.5 Å². The van der Waals surface area contributed by atoms with E-state index in [1.165, 1.54) is 23.1 Å². The number of aromatic nitrogens is 2. The number of carbonyl (C=O) groups excluding carboxylic acids is 1. The van der Waals surface area contributed by atoms with Gasteiger partial charge in [0.1, 0.15) is 5.01 Å². The van der Waals surface area contributed by atoms with E-state index in [0.29, 0.717) is 5.75 Å². The van der Waals surface area contributed by atoms with Gasteiger partial charge in [-0.1, -0.05) is 57.2 Å². The Bertz CT molecular complexity index is 603. The predicted molar refractivity (Wildman–Crippen MR) is 86.1 cm³/mol. The van der Waals surface area contributed by atoms with Crippen molar-refractivity contribution in [2.45, 2.75) is 24.2 Å². The number of nitrogens with one attached hydrogen (secondary N) is 1. The molecule has 1 amide bonds. The Labute approximate surface area is 134 Å². The van der Waals surface area contributed by atoms with Gasteiger partial charge in [0, 0.05) is 4.47 Å². The highest BCUT2D eigenvalue weighted by molar-refractivity contribution is 9.10. The van der Waals surface area contributed by atoms with Crippen molar-refractivity contribution in [1.29, 1.82) is 0 Å². The van der Waals surface area contributed by atoms with Crippen LogP contribution in [0.4, 0.5) is 0 Å². The molecular weight excluding hydrogens is 358 g/mol. The van der Waals surface area contributed by atoms with Crippen molar-refractivity contribution in [3.8, 4) is 0 Å². The fourth-order valence-corrected chi connectivity index (χ4v) is 3.91. The van der Waals surface area contributed by atoms with E-state index in [9.17, 15) is 4.79 Å². The summed E-state index contributed by atoms with van der Waals surface area (Å²) in [5.41, 5.74) is 1.07. The maximum atomic E-state index is 11.9. The van der Waals surface area contributed by atoms with Crippen LogP contribution in [-0.4, -0.2) is 21.9 Å². The summed E-state index contributed by atoms with van der Waals surface area (Å²) < 4.78 is 1.83. The summed E-state index contributed by atoms with van der Waals surface area (Å²) in [6.45, 7) is 3.87. The summed E-state index contributed by atoms with van der Waals surface area (Å²) in [6.07, 6.45) is 0. The monoisotopic (exact) mass is 371 g/mol. The number of hydrogen-bond acceptors (Lipinski definition) is 5. The van der Waals surface area contributed by atoms with Crippen LogP contribution in [0.25, 0.3) is 0 Å². The molecule has 1 heterocycles. The second-order valence-corrected chi connectivity index (χ2v) is 7.44. The Balaban J connectivity index is 1.87. The van der Waals surface area contributed by atoms with Crippen molar-refractivity contribution in [3.63, 3.8) is 0 Å². The van der Waals surface area contributed by atoms with Crippen LogP contribution in [0.2, 0.25) is 0 Å². The Kier molecular flexibility index (Phi) is 5.56. The first-order chi connectivity index (χ1) is 9.56. The molecule has 0 aliphatic heterocycles. The summed E-state index contributed by atoms with van der Waals surface area (Å²) >= 11 is 6.40. The van der Waals surface area contributed by atoms with Gasteiger partial charge < -0.3 is 5.32 Å². The summed E-state index contributed by atoms with van der Waals surface area (Å²) in [7, 11) is 0. The molecule has 7 heteroatoms. The molecule has 2 aromatic rings. The molecule has 4 nitrogen and oxygen atoms in total. The largest absolute Gasteiger partial charge is 0.349 e. The standard InChI is InChI=1S/C13H14BrN3OS2/c1-8(10-5-3-4-6-11(10)14)15-12(18)7-19-13-17-16-9(2)20-13/h3-6,8H,7H2,1-2H3,(H,15,18)/t8-/m0/s1. The van der Waals surface area contributed by atoms with Crippen LogP contribution in [-0.2, 0) is 4.79 Å². The summed E-state index contributed by atoms with van der Waals surface area (Å²) in [5, 5.41) is 11.8. The van der Waals surface area contributed by atoms with Crippen LogP contribution >= 0.6 is 39.0 Å². The zero-order chi connectivity index (χ0) is 14.5. The lowest BCUT2D eigenvalue weighted by Crippen LogP contribution is -2.28. The minimum absolute atomic E-state index is 0.00824. The molecular formula is C13H14BrN3OS2. The molecule has 0 spiro atoms. The average Bonchev–Trinajstić information content (AvgIpc) is 2.82. The summed E-state index contributed by atoms with van der Waals surface area (Å²) in [5.74, 6) is 0.342. The van der Waals surface area contributed by atoms with Crippen molar-refractivity contribution < 1.29 is 4.79 Å². The van der Waals surface area contributed by atoms with Crippen molar-refractivity contribution in [2.24, 2.45) is 0 Å². The molecule has 1 N–H and O–H groups in total. The Morgan fingerprint density at radius 2 is 2.20 bits per heavy atom. The first-order valence-corrected chi connectivity index (χ1v) is 8.62. The maximum absolute atomic E-state index is 11.9. The van der Waals surface area contributed by atoms with E-state index in [0.717, 1.165) is 19.4 Å². The van der Waals surface area contributed by atoms with Gasteiger partial charge in [0.05, 0.1) is 11.8 Å². The number of amides is 1. The van der Waals surface area contributed by atoms with Crippen molar-refractivity contribution in [3.05, 3.63) is 39.3 Å². The fraction of sp³-hybridized carbons (Fsp3) is 0.308. The second-order valence-electron chi connectivity index (χ2n) is 4.19. The molecule has 2 rings (SSSR count). The highest BCUT2D eigenvalue weighted by atomic mass is 79.9. The highest BCUT2D eigenvalue weighted by Crippen LogP contribution is 2.24. The lowest BCUT2D eigenvalue weighted by Gasteiger charge is -2.15. The molecule has 1 aromatic heterocycles. The number of carbonyl (C=O) groups is 1. The van der Waals surface area contributed by atoms with Gasteiger partial charge in [0.25, 0.3) is 0 Å². The SMILES string of the molecule is Cc1nnc(SCC(=O)N[C@@H](C)c2ccccc2Br)s1. The smallest absolute Gasteiger partial charge is 0.230 e. The van der Waals surface area contributed by atoms with E-state index in [1.54, 1.807) is 0 Å². The zero-order valence-electron chi connectivity index (χ0n) is 11.1. The predicted octanol–water partition coefficient (Wildman–Crippen LogP) is 3.58. The number of nitrogens with zero attached hydrogens (tertiary/aromatic N) is 2. The molecule has 0 saturated heterocycles. The minimum Gasteiger partial charge on any atom is -0.349 e. The quantitative estimate of drug-likeness (QED) is 0.816. The molecule has 0 fully saturated rings. The van der Waals surface area contributed by atoms with Gasteiger partial charge in [0.15, 0.2) is 4.34 Å². The number of benzene rings is 1. The van der Waals surface area contributed by atoms with Crippen LogP contribution in [0, 0.1) is 6.92 Å². The molecule has 0 bridgehead atoms. The molecule has 0 unspecified atom stereocenters. The highest BCUT2D eigenvalue weighted by Gasteiger charge is 2.13. The number of hydrogen-bond donors (Lipinski definition) is 1. The van der Waals surface area contributed by atoms with Gasteiger partial charge in [-0.3, -0.25) is 4.79 Å². The molecule has 0 aliphatic rings. The van der Waals surface area contributed by atoms with E-state index >= 15 is 0 Å². The van der Waals surface area contributed by atoms with Gasteiger partial charge in [-0.25, -0.2) is 0 Å². The first-order valence-electron chi connectivity index (χ1n) is 6.03. The van der Waals surface area contributed by atoms with Crippen LogP contribution < -0.4 is 5.32 Å². The normalized spacial score (nSPS) is 12.2. The second kappa shape index (κ2) is 7.19. The van der Waals surface area contributed by atoms with Crippen molar-refractivity contribution in [2.75, 3.05) is 5.75 Å². The van der Waals surface area contributed by atoms with Gasteiger partial charge >= 0.3 is 0 Å². The van der Waals surface area contributed by atoms with Crippen LogP contribution in [0.3, 0.4) is 0 Å². The topological polar surface area (TPSA) is 54.9 Å². The molecule has 1 atom stereocenters. The van der Waals surface area contributed by atoms with Crippen LogP contribution in [0.15, 0.2) is 33.1 Å². The Hall–Kier alpha value is -0.920. The Morgan fingerprint density at radius 3 is 2.85 bits per heavy atom. The van der Waals surface area contributed by atoms with Crippen molar-refractivity contribution >= 4 is 44.9 Å². The molecule has 0 saturated carbocycles. The third kappa shape index (κ3) is 4.29. The minimum atomic E-state index is -0.0326. The molecule has 0 aliphatic carbocycles. The fourth-order valence-electron chi connectivity index (χ4n) is 1.65. The Morgan fingerprint density at radius 1 is 1.45 bits per heavy atom. The average molecular weight is 372 g/mol. The van der Waals surface area contributed by atoms with Gasteiger partial charge in [-0.05, 0) is 25.5 Å². The maximum Gasteiger partial charge on any atom is 0.230 e. The van der Waals surface area contributed by atoms with E-state index in [4.69, 9.17) is 0 Å². The number of halogens is 1. The number of aryl methyl sites for hydroxylation is 1. The first kappa shape index (κ1) is 15.5. The lowest BCUT2D eigenvalue weighted by atomic mass is 10.1. The van der Waals surface area contributed by atoms with Gasteiger partial charge in [0.2, 0.25) is 5.91 Å². The molecule has 106 valence electrons. The molecule has 0 radical (unpaired) electrons. The van der Waals surface area contributed by atoms with E-state index in [-0.39, 0.29) is 11.9 Å². The number of thioether (sulfide) groups is 1. The van der Waals surface area contributed by atoms with E-state index in [2.05, 4.69) is 31.4 Å². The lowest BCUT2D eigenvalue weighted by molar-refractivity contribution is -0.119.